The number of imidazole rings is 1. The van der Waals surface area contributed by atoms with E-state index in [1.165, 1.54) is 12.1 Å². The van der Waals surface area contributed by atoms with E-state index in [4.69, 9.17) is 0 Å². The molecule has 0 saturated heterocycles. The summed E-state index contributed by atoms with van der Waals surface area (Å²) >= 11 is 0. The highest BCUT2D eigenvalue weighted by Gasteiger charge is 2.06. The highest BCUT2D eigenvalue weighted by molar-refractivity contribution is 5.54. The molecule has 0 aliphatic rings. The summed E-state index contributed by atoms with van der Waals surface area (Å²) in [6.45, 7) is 4.57. The summed E-state index contributed by atoms with van der Waals surface area (Å²) in [5.41, 5.74) is 1.20. The van der Waals surface area contributed by atoms with Gasteiger partial charge in [0.25, 0.3) is 0 Å². The second kappa shape index (κ2) is 4.53. The Balaban J connectivity index is 2.30. The van der Waals surface area contributed by atoms with Crippen LogP contribution in [0.15, 0.2) is 24.4 Å². The van der Waals surface area contributed by atoms with Crippen LogP contribution in [0.5, 0.6) is 0 Å². The van der Waals surface area contributed by atoms with Crippen LogP contribution in [0.25, 0.3) is 0 Å². The van der Waals surface area contributed by atoms with Crippen molar-refractivity contribution in [2.75, 3.05) is 5.32 Å². The van der Waals surface area contributed by atoms with Crippen molar-refractivity contribution in [1.82, 2.24) is 9.55 Å². The van der Waals surface area contributed by atoms with Crippen LogP contribution in [0.1, 0.15) is 12.6 Å². The zero-order valence-electron chi connectivity index (χ0n) is 9.67. The van der Waals surface area contributed by atoms with E-state index in [-0.39, 0.29) is 0 Å². The highest BCUT2D eigenvalue weighted by Crippen LogP contribution is 2.18. The van der Waals surface area contributed by atoms with Crippen molar-refractivity contribution in [3.05, 3.63) is 41.7 Å². The van der Waals surface area contributed by atoms with Crippen LogP contribution in [-0.2, 0) is 6.54 Å². The normalized spacial score (nSPS) is 10.6. The van der Waals surface area contributed by atoms with E-state index in [9.17, 15) is 8.78 Å². The molecule has 1 aromatic carbocycles. The molecule has 1 aromatic heterocycles. The topological polar surface area (TPSA) is 29.9 Å². The molecule has 1 N–H and O–H groups in total. The minimum atomic E-state index is -0.612. The molecule has 0 fully saturated rings. The first-order chi connectivity index (χ1) is 8.08. The quantitative estimate of drug-likeness (QED) is 0.888. The van der Waals surface area contributed by atoms with E-state index in [0.717, 1.165) is 18.3 Å². The number of hydrogen-bond donors (Lipinski definition) is 1. The minimum Gasteiger partial charge on any atom is -0.325 e. The SMILES string of the molecule is CCn1cc(C)nc1Nc1cc(F)cc(F)c1. The lowest BCUT2D eigenvalue weighted by Gasteiger charge is -2.07. The maximum Gasteiger partial charge on any atom is 0.207 e. The van der Waals surface area contributed by atoms with Crippen molar-refractivity contribution in [3.8, 4) is 0 Å². The van der Waals surface area contributed by atoms with Crippen molar-refractivity contribution < 1.29 is 8.78 Å². The predicted octanol–water partition coefficient (Wildman–Crippen LogP) is 3.23. The van der Waals surface area contributed by atoms with Gasteiger partial charge in [0.1, 0.15) is 11.6 Å². The van der Waals surface area contributed by atoms with Gasteiger partial charge in [-0.3, -0.25) is 0 Å². The summed E-state index contributed by atoms with van der Waals surface area (Å²) in [7, 11) is 0. The van der Waals surface area contributed by atoms with Crippen LogP contribution in [0.2, 0.25) is 0 Å². The van der Waals surface area contributed by atoms with Crippen LogP contribution in [0, 0.1) is 18.6 Å². The van der Waals surface area contributed by atoms with Crippen molar-refractivity contribution in [3.63, 3.8) is 0 Å². The van der Waals surface area contributed by atoms with Gasteiger partial charge in [-0.15, -0.1) is 0 Å². The molecule has 3 nitrogen and oxygen atoms in total. The number of aryl methyl sites for hydroxylation is 2. The largest absolute Gasteiger partial charge is 0.325 e. The highest BCUT2D eigenvalue weighted by atomic mass is 19.1. The monoisotopic (exact) mass is 237 g/mol. The number of nitrogens with one attached hydrogen (secondary N) is 1. The van der Waals surface area contributed by atoms with E-state index < -0.39 is 11.6 Å². The van der Waals surface area contributed by atoms with E-state index in [2.05, 4.69) is 10.3 Å². The summed E-state index contributed by atoms with van der Waals surface area (Å²) in [5, 5.41) is 2.90. The number of halogens is 2. The number of hydrogen-bond acceptors (Lipinski definition) is 2. The summed E-state index contributed by atoms with van der Waals surface area (Å²) in [6, 6.07) is 3.29. The van der Waals surface area contributed by atoms with Crippen molar-refractivity contribution in [2.24, 2.45) is 0 Å². The molecule has 17 heavy (non-hydrogen) atoms. The molecular formula is C12H13F2N3. The van der Waals surface area contributed by atoms with E-state index in [0.29, 0.717) is 11.6 Å². The smallest absolute Gasteiger partial charge is 0.207 e. The Morgan fingerprint density at radius 1 is 1.24 bits per heavy atom. The molecule has 0 saturated carbocycles. The molecular weight excluding hydrogens is 224 g/mol. The molecule has 2 rings (SSSR count). The molecule has 0 aliphatic heterocycles. The zero-order chi connectivity index (χ0) is 12.4. The Kier molecular flexibility index (Phi) is 3.08. The number of rotatable bonds is 3. The van der Waals surface area contributed by atoms with Crippen LogP contribution in [0.3, 0.4) is 0 Å². The fourth-order valence-electron chi connectivity index (χ4n) is 1.64. The van der Waals surface area contributed by atoms with Gasteiger partial charge in [0.15, 0.2) is 0 Å². The van der Waals surface area contributed by atoms with Gasteiger partial charge >= 0.3 is 0 Å². The molecule has 1 heterocycles. The molecule has 0 atom stereocenters. The maximum atomic E-state index is 13.0. The van der Waals surface area contributed by atoms with Gasteiger partial charge in [0.2, 0.25) is 5.95 Å². The summed E-state index contributed by atoms with van der Waals surface area (Å²) in [5.74, 6) is -0.646. The van der Waals surface area contributed by atoms with Crippen LogP contribution >= 0.6 is 0 Å². The third-order valence-corrected chi connectivity index (χ3v) is 2.36. The molecule has 0 spiro atoms. The molecule has 5 heteroatoms. The Morgan fingerprint density at radius 3 is 2.47 bits per heavy atom. The zero-order valence-corrected chi connectivity index (χ0v) is 9.67. The van der Waals surface area contributed by atoms with Crippen LogP contribution < -0.4 is 5.32 Å². The first-order valence-corrected chi connectivity index (χ1v) is 5.35. The minimum absolute atomic E-state index is 0.350. The molecule has 0 bridgehead atoms. The van der Waals surface area contributed by atoms with Gasteiger partial charge in [-0.25, -0.2) is 13.8 Å². The molecule has 0 unspecified atom stereocenters. The second-order valence-electron chi connectivity index (χ2n) is 3.78. The lowest BCUT2D eigenvalue weighted by Crippen LogP contribution is -2.01. The standard InChI is InChI=1S/C12H13F2N3/c1-3-17-7-8(2)15-12(17)16-11-5-9(13)4-10(14)6-11/h4-7H,3H2,1-2H3,(H,15,16). The Hall–Kier alpha value is -1.91. The number of aromatic nitrogens is 2. The maximum absolute atomic E-state index is 13.0. The Labute approximate surface area is 98.1 Å². The first-order valence-electron chi connectivity index (χ1n) is 5.35. The van der Waals surface area contributed by atoms with Crippen molar-refractivity contribution in [1.29, 1.82) is 0 Å². The van der Waals surface area contributed by atoms with E-state index in [1.54, 1.807) is 0 Å². The number of benzene rings is 1. The molecule has 0 radical (unpaired) electrons. The third kappa shape index (κ3) is 2.61. The second-order valence-corrected chi connectivity index (χ2v) is 3.78. The summed E-state index contributed by atoms with van der Waals surface area (Å²) in [6.07, 6.45) is 1.87. The lowest BCUT2D eigenvalue weighted by atomic mass is 10.3. The average Bonchev–Trinajstić information content (AvgIpc) is 2.57. The number of nitrogens with zero attached hydrogens (tertiary/aromatic N) is 2. The van der Waals surface area contributed by atoms with Crippen molar-refractivity contribution >= 4 is 11.6 Å². The fourth-order valence-corrected chi connectivity index (χ4v) is 1.64. The van der Waals surface area contributed by atoms with E-state index in [1.807, 2.05) is 24.6 Å². The Morgan fingerprint density at radius 2 is 1.88 bits per heavy atom. The van der Waals surface area contributed by atoms with Gasteiger partial charge in [-0.1, -0.05) is 0 Å². The Bertz CT molecular complexity index is 514. The van der Waals surface area contributed by atoms with Gasteiger partial charge in [-0.05, 0) is 26.0 Å². The predicted molar refractivity (Wildman–Crippen MR) is 62.3 cm³/mol. The molecule has 90 valence electrons. The molecule has 0 amide bonds. The summed E-state index contributed by atoms with van der Waals surface area (Å²) < 4.78 is 27.9. The van der Waals surface area contributed by atoms with Crippen molar-refractivity contribution in [2.45, 2.75) is 20.4 Å². The molecule has 0 aliphatic carbocycles. The van der Waals surface area contributed by atoms with Gasteiger partial charge in [-0.2, -0.15) is 0 Å². The fraction of sp³-hybridized carbons (Fsp3) is 0.250. The van der Waals surface area contributed by atoms with E-state index >= 15 is 0 Å². The molecule has 2 aromatic rings. The lowest BCUT2D eigenvalue weighted by molar-refractivity contribution is 0.584. The van der Waals surface area contributed by atoms with Crippen LogP contribution in [0.4, 0.5) is 20.4 Å². The van der Waals surface area contributed by atoms with Gasteiger partial charge in [0.05, 0.1) is 5.69 Å². The third-order valence-electron chi connectivity index (χ3n) is 2.36. The van der Waals surface area contributed by atoms with Crippen LogP contribution in [-0.4, -0.2) is 9.55 Å². The van der Waals surface area contributed by atoms with Gasteiger partial charge in [0, 0.05) is 24.5 Å². The summed E-state index contributed by atoms with van der Waals surface area (Å²) in [4.78, 5) is 4.24. The van der Waals surface area contributed by atoms with Gasteiger partial charge < -0.3 is 9.88 Å². The average molecular weight is 237 g/mol. The first kappa shape index (κ1) is 11.6. The number of anilines is 2.